The van der Waals surface area contributed by atoms with Crippen molar-refractivity contribution >= 4 is 17.5 Å². The fourth-order valence-corrected chi connectivity index (χ4v) is 2.88. The highest BCUT2D eigenvalue weighted by Crippen LogP contribution is 2.18. The van der Waals surface area contributed by atoms with Gasteiger partial charge in [0, 0.05) is 45.1 Å². The zero-order valence-electron chi connectivity index (χ0n) is 12.3. The summed E-state index contributed by atoms with van der Waals surface area (Å²) in [6.07, 6.45) is 3.62. The summed E-state index contributed by atoms with van der Waals surface area (Å²) in [4.78, 5) is 20.8. The fraction of sp³-hybridized carbons (Fsp3) is 0.294. The van der Waals surface area contributed by atoms with Gasteiger partial charge in [-0.2, -0.15) is 0 Å². The maximum Gasteiger partial charge on any atom is 0.255 e. The Hall–Kier alpha value is -1.91. The molecule has 1 amide bonds. The molecule has 0 unspecified atom stereocenters. The van der Waals surface area contributed by atoms with E-state index < -0.39 is 0 Å². The van der Waals surface area contributed by atoms with Crippen molar-refractivity contribution in [2.45, 2.75) is 6.54 Å². The van der Waals surface area contributed by atoms with E-state index in [1.807, 2.05) is 41.6 Å². The quantitative estimate of drug-likeness (QED) is 0.874. The summed E-state index contributed by atoms with van der Waals surface area (Å²) in [6.45, 7) is 4.11. The average molecular weight is 316 g/mol. The molecule has 2 aromatic rings. The zero-order chi connectivity index (χ0) is 15.4. The Morgan fingerprint density at radius 2 is 1.73 bits per heavy atom. The molecule has 0 N–H and O–H groups in total. The first kappa shape index (κ1) is 15.0. The van der Waals surface area contributed by atoms with Crippen LogP contribution in [0.2, 0.25) is 5.02 Å². The largest absolute Gasteiger partial charge is 0.336 e. The van der Waals surface area contributed by atoms with Crippen LogP contribution in [-0.2, 0) is 6.54 Å². The van der Waals surface area contributed by atoms with Gasteiger partial charge in [0.15, 0.2) is 0 Å². The summed E-state index contributed by atoms with van der Waals surface area (Å²) in [5.74, 6) is 0.0224. The molecule has 4 nitrogen and oxygen atoms in total. The van der Waals surface area contributed by atoms with Crippen LogP contribution in [0.4, 0.5) is 0 Å². The van der Waals surface area contributed by atoms with Gasteiger partial charge in [-0.05, 0) is 29.8 Å². The van der Waals surface area contributed by atoms with Crippen molar-refractivity contribution in [3.05, 3.63) is 64.9 Å². The first-order chi connectivity index (χ1) is 10.7. The Kier molecular flexibility index (Phi) is 4.71. The van der Waals surface area contributed by atoms with Gasteiger partial charge in [-0.15, -0.1) is 0 Å². The summed E-state index contributed by atoms with van der Waals surface area (Å²) < 4.78 is 0. The predicted molar refractivity (Wildman–Crippen MR) is 86.9 cm³/mol. The van der Waals surface area contributed by atoms with E-state index in [-0.39, 0.29) is 5.91 Å². The van der Waals surface area contributed by atoms with Crippen LogP contribution < -0.4 is 0 Å². The van der Waals surface area contributed by atoms with Gasteiger partial charge in [-0.3, -0.25) is 14.7 Å². The molecule has 5 heteroatoms. The van der Waals surface area contributed by atoms with Gasteiger partial charge in [0.05, 0.1) is 10.6 Å². The molecule has 114 valence electrons. The third-order valence-electron chi connectivity index (χ3n) is 3.92. The predicted octanol–water partition coefficient (Wildman–Crippen LogP) is 2.69. The topological polar surface area (TPSA) is 36.4 Å². The first-order valence-electron chi connectivity index (χ1n) is 7.39. The number of amides is 1. The van der Waals surface area contributed by atoms with E-state index in [4.69, 9.17) is 11.6 Å². The zero-order valence-corrected chi connectivity index (χ0v) is 13.0. The van der Waals surface area contributed by atoms with Gasteiger partial charge in [0.1, 0.15) is 0 Å². The van der Waals surface area contributed by atoms with Crippen molar-refractivity contribution in [2.24, 2.45) is 0 Å². The number of carbonyl (C=O) groups is 1. The molecule has 0 aliphatic carbocycles. The summed E-state index contributed by atoms with van der Waals surface area (Å²) in [5.41, 5.74) is 1.84. The molecule has 1 aliphatic heterocycles. The van der Waals surface area contributed by atoms with E-state index in [1.165, 1.54) is 5.56 Å². The highest BCUT2D eigenvalue weighted by atomic mass is 35.5. The molecule has 1 aliphatic rings. The van der Waals surface area contributed by atoms with Crippen LogP contribution >= 0.6 is 11.6 Å². The molecule has 0 bridgehead atoms. The van der Waals surface area contributed by atoms with Crippen LogP contribution in [-0.4, -0.2) is 46.9 Å². The van der Waals surface area contributed by atoms with E-state index in [9.17, 15) is 4.79 Å². The minimum atomic E-state index is 0.0224. The number of carbonyl (C=O) groups excluding carboxylic acids is 1. The van der Waals surface area contributed by atoms with Gasteiger partial charge in [0.25, 0.3) is 5.91 Å². The van der Waals surface area contributed by atoms with Crippen LogP contribution in [0.15, 0.2) is 48.8 Å². The number of rotatable bonds is 3. The molecule has 22 heavy (non-hydrogen) atoms. The van der Waals surface area contributed by atoms with E-state index in [2.05, 4.69) is 9.88 Å². The lowest BCUT2D eigenvalue weighted by Crippen LogP contribution is -2.48. The molecule has 0 saturated carbocycles. The number of benzene rings is 1. The number of aromatic nitrogens is 1. The molecular formula is C17H18ClN3O. The van der Waals surface area contributed by atoms with Crippen LogP contribution in [0.5, 0.6) is 0 Å². The van der Waals surface area contributed by atoms with E-state index >= 15 is 0 Å². The standard InChI is InChI=1S/C17H18ClN3O/c18-16-4-2-1-3-15(16)17(22)21-11-9-20(10-12-21)13-14-5-7-19-8-6-14/h1-8H,9-13H2. The SMILES string of the molecule is O=C(c1ccccc1Cl)N1CCN(Cc2ccncc2)CC1. The van der Waals surface area contributed by atoms with Crippen molar-refractivity contribution in [3.8, 4) is 0 Å². The number of hydrogen-bond donors (Lipinski definition) is 0. The number of nitrogens with zero attached hydrogens (tertiary/aromatic N) is 3. The Balaban J connectivity index is 1.58. The molecule has 2 heterocycles. The minimum Gasteiger partial charge on any atom is -0.336 e. The maximum atomic E-state index is 12.5. The van der Waals surface area contributed by atoms with E-state index in [1.54, 1.807) is 12.1 Å². The minimum absolute atomic E-state index is 0.0224. The van der Waals surface area contributed by atoms with Gasteiger partial charge >= 0.3 is 0 Å². The van der Waals surface area contributed by atoms with Crippen molar-refractivity contribution in [3.63, 3.8) is 0 Å². The molecular weight excluding hydrogens is 298 g/mol. The van der Waals surface area contributed by atoms with Crippen LogP contribution in [0.25, 0.3) is 0 Å². The lowest BCUT2D eigenvalue weighted by molar-refractivity contribution is 0.0628. The summed E-state index contributed by atoms with van der Waals surface area (Å²) in [6, 6.07) is 11.3. The van der Waals surface area contributed by atoms with Crippen LogP contribution in [0.3, 0.4) is 0 Å². The molecule has 1 aromatic carbocycles. The first-order valence-corrected chi connectivity index (χ1v) is 7.77. The second-order valence-electron chi connectivity index (χ2n) is 5.40. The third-order valence-corrected chi connectivity index (χ3v) is 4.25. The second-order valence-corrected chi connectivity index (χ2v) is 5.81. The highest BCUT2D eigenvalue weighted by molar-refractivity contribution is 6.33. The average Bonchev–Trinajstić information content (AvgIpc) is 2.56. The molecule has 3 rings (SSSR count). The number of pyridine rings is 1. The van der Waals surface area contributed by atoms with Gasteiger partial charge < -0.3 is 4.90 Å². The van der Waals surface area contributed by atoms with E-state index in [0.29, 0.717) is 10.6 Å². The smallest absolute Gasteiger partial charge is 0.255 e. The molecule has 0 spiro atoms. The summed E-state index contributed by atoms with van der Waals surface area (Å²) in [7, 11) is 0. The highest BCUT2D eigenvalue weighted by Gasteiger charge is 2.23. The number of hydrogen-bond acceptors (Lipinski definition) is 3. The van der Waals surface area contributed by atoms with Crippen LogP contribution in [0, 0.1) is 0 Å². The van der Waals surface area contributed by atoms with E-state index in [0.717, 1.165) is 32.7 Å². The Morgan fingerprint density at radius 1 is 1.05 bits per heavy atom. The number of piperazine rings is 1. The lowest BCUT2D eigenvalue weighted by Gasteiger charge is -2.34. The van der Waals surface area contributed by atoms with Crippen molar-refractivity contribution < 1.29 is 4.79 Å². The molecule has 1 aromatic heterocycles. The Morgan fingerprint density at radius 3 is 2.41 bits per heavy atom. The monoisotopic (exact) mass is 315 g/mol. The number of halogens is 1. The Labute approximate surface area is 135 Å². The van der Waals surface area contributed by atoms with Gasteiger partial charge in [0.2, 0.25) is 0 Å². The third kappa shape index (κ3) is 3.46. The van der Waals surface area contributed by atoms with Crippen molar-refractivity contribution in [1.29, 1.82) is 0 Å². The van der Waals surface area contributed by atoms with Crippen molar-refractivity contribution in [1.82, 2.24) is 14.8 Å². The molecule has 1 fully saturated rings. The fourth-order valence-electron chi connectivity index (χ4n) is 2.66. The second kappa shape index (κ2) is 6.90. The van der Waals surface area contributed by atoms with Gasteiger partial charge in [-0.1, -0.05) is 23.7 Å². The van der Waals surface area contributed by atoms with Crippen LogP contribution in [0.1, 0.15) is 15.9 Å². The molecule has 0 radical (unpaired) electrons. The lowest BCUT2D eigenvalue weighted by atomic mass is 10.1. The molecule has 0 atom stereocenters. The van der Waals surface area contributed by atoms with Crippen molar-refractivity contribution in [2.75, 3.05) is 26.2 Å². The molecule has 1 saturated heterocycles. The summed E-state index contributed by atoms with van der Waals surface area (Å²) in [5, 5.41) is 0.520. The normalized spacial score (nSPS) is 15.8. The maximum absolute atomic E-state index is 12.5. The van der Waals surface area contributed by atoms with Gasteiger partial charge in [-0.25, -0.2) is 0 Å². The summed E-state index contributed by atoms with van der Waals surface area (Å²) >= 11 is 6.11. The Bertz CT molecular complexity index is 639.